The van der Waals surface area contributed by atoms with Crippen molar-refractivity contribution in [3.8, 4) is 0 Å². The molecule has 1 aliphatic heterocycles. The number of rotatable bonds is 7. The van der Waals surface area contributed by atoms with Crippen molar-refractivity contribution in [2.75, 3.05) is 19.6 Å². The Bertz CT molecular complexity index is 386. The molecule has 114 valence electrons. The summed E-state index contributed by atoms with van der Waals surface area (Å²) in [7, 11) is 0. The first-order valence-corrected chi connectivity index (χ1v) is 8.15. The summed E-state index contributed by atoms with van der Waals surface area (Å²) >= 11 is 0. The Morgan fingerprint density at radius 3 is 3.00 bits per heavy atom. The van der Waals surface area contributed by atoms with E-state index in [9.17, 15) is 0 Å². The third kappa shape index (κ3) is 4.32. The van der Waals surface area contributed by atoms with Crippen molar-refractivity contribution in [2.45, 2.75) is 59.2 Å². The fourth-order valence-electron chi connectivity index (χ4n) is 3.00. The van der Waals surface area contributed by atoms with E-state index in [0.717, 1.165) is 32.1 Å². The zero-order valence-corrected chi connectivity index (χ0v) is 13.3. The summed E-state index contributed by atoms with van der Waals surface area (Å²) < 4.78 is 2.26. The van der Waals surface area contributed by atoms with Gasteiger partial charge in [-0.3, -0.25) is 4.90 Å². The monoisotopic (exact) mass is 278 g/mol. The van der Waals surface area contributed by atoms with Crippen molar-refractivity contribution in [3.63, 3.8) is 0 Å². The highest BCUT2D eigenvalue weighted by atomic mass is 15.2. The van der Waals surface area contributed by atoms with Crippen LogP contribution in [0.3, 0.4) is 0 Å². The van der Waals surface area contributed by atoms with E-state index in [2.05, 4.69) is 46.7 Å². The highest BCUT2D eigenvalue weighted by Gasteiger charge is 2.23. The second-order valence-corrected chi connectivity index (χ2v) is 6.30. The summed E-state index contributed by atoms with van der Waals surface area (Å²) in [4.78, 5) is 7.14. The first-order chi connectivity index (χ1) is 9.70. The summed E-state index contributed by atoms with van der Waals surface area (Å²) in [6.07, 6.45) is 8.03. The average Bonchev–Trinajstić information content (AvgIpc) is 2.87. The first kappa shape index (κ1) is 15.5. The molecule has 20 heavy (non-hydrogen) atoms. The predicted octanol–water partition coefficient (Wildman–Crippen LogP) is 2.50. The Hall–Kier alpha value is -0.870. The van der Waals surface area contributed by atoms with Gasteiger partial charge in [-0.1, -0.05) is 20.3 Å². The lowest BCUT2D eigenvalue weighted by molar-refractivity contribution is 0.132. The molecule has 0 aromatic carbocycles. The minimum absolute atomic E-state index is 0.671. The molecule has 1 aromatic rings. The molecule has 0 radical (unpaired) electrons. The van der Waals surface area contributed by atoms with Gasteiger partial charge in [-0.25, -0.2) is 4.98 Å². The standard InChI is InChI=1S/C16H30N4/c1-4-19-10-8-18-16(19)13-20-9-6-5-7-15(20)12-17-11-14(2)3/h8,10,14-15,17H,4-7,9,11-13H2,1-3H3. The van der Waals surface area contributed by atoms with Crippen LogP contribution in [0.25, 0.3) is 0 Å². The molecule has 0 aliphatic carbocycles. The van der Waals surface area contributed by atoms with Crippen LogP contribution in [0.15, 0.2) is 12.4 Å². The average molecular weight is 278 g/mol. The van der Waals surface area contributed by atoms with Crippen molar-refractivity contribution < 1.29 is 0 Å². The van der Waals surface area contributed by atoms with Gasteiger partial charge in [0.05, 0.1) is 6.54 Å². The fourth-order valence-corrected chi connectivity index (χ4v) is 3.00. The molecule has 0 spiro atoms. The summed E-state index contributed by atoms with van der Waals surface area (Å²) in [5.74, 6) is 1.94. The smallest absolute Gasteiger partial charge is 0.122 e. The van der Waals surface area contributed by atoms with Crippen LogP contribution in [0.4, 0.5) is 0 Å². The molecule has 1 saturated heterocycles. The maximum absolute atomic E-state index is 4.52. The molecule has 1 aromatic heterocycles. The van der Waals surface area contributed by atoms with Crippen LogP contribution in [0.5, 0.6) is 0 Å². The molecule has 2 heterocycles. The largest absolute Gasteiger partial charge is 0.334 e. The van der Waals surface area contributed by atoms with Gasteiger partial charge >= 0.3 is 0 Å². The van der Waals surface area contributed by atoms with Crippen LogP contribution in [-0.2, 0) is 13.1 Å². The number of hydrogen-bond acceptors (Lipinski definition) is 3. The Morgan fingerprint density at radius 1 is 1.40 bits per heavy atom. The summed E-state index contributed by atoms with van der Waals surface area (Å²) in [5.41, 5.74) is 0. The van der Waals surface area contributed by atoms with Crippen LogP contribution < -0.4 is 5.32 Å². The summed E-state index contributed by atoms with van der Waals surface area (Å²) in [6, 6.07) is 0.671. The molecule has 2 rings (SSSR count). The van der Waals surface area contributed by atoms with E-state index in [1.165, 1.54) is 31.6 Å². The van der Waals surface area contributed by atoms with Crippen molar-refractivity contribution in [1.82, 2.24) is 19.8 Å². The Labute approximate surface area is 123 Å². The molecule has 4 nitrogen and oxygen atoms in total. The third-order valence-electron chi connectivity index (χ3n) is 4.17. The van der Waals surface area contributed by atoms with Gasteiger partial charge in [-0.05, 0) is 38.8 Å². The van der Waals surface area contributed by atoms with E-state index in [0.29, 0.717) is 6.04 Å². The van der Waals surface area contributed by atoms with Crippen LogP contribution in [0.2, 0.25) is 0 Å². The van der Waals surface area contributed by atoms with E-state index in [1.807, 2.05) is 6.20 Å². The number of aryl methyl sites for hydroxylation is 1. The molecule has 1 aliphatic rings. The summed E-state index contributed by atoms with van der Waals surface area (Å²) in [6.45, 7) is 12.2. The van der Waals surface area contributed by atoms with E-state index < -0.39 is 0 Å². The van der Waals surface area contributed by atoms with Gasteiger partial charge in [0.2, 0.25) is 0 Å². The van der Waals surface area contributed by atoms with Gasteiger partial charge < -0.3 is 9.88 Å². The van der Waals surface area contributed by atoms with E-state index in [4.69, 9.17) is 0 Å². The van der Waals surface area contributed by atoms with Crippen molar-refractivity contribution >= 4 is 0 Å². The van der Waals surface area contributed by atoms with Gasteiger partial charge in [-0.2, -0.15) is 0 Å². The zero-order valence-electron chi connectivity index (χ0n) is 13.3. The number of imidazole rings is 1. The SMILES string of the molecule is CCn1ccnc1CN1CCCCC1CNCC(C)C. The van der Waals surface area contributed by atoms with E-state index in [-0.39, 0.29) is 0 Å². The fraction of sp³-hybridized carbons (Fsp3) is 0.812. The Kier molecular flexibility index (Phi) is 6.05. The van der Waals surface area contributed by atoms with Crippen molar-refractivity contribution in [2.24, 2.45) is 5.92 Å². The quantitative estimate of drug-likeness (QED) is 0.832. The lowest BCUT2D eigenvalue weighted by Gasteiger charge is -2.35. The number of nitrogens with zero attached hydrogens (tertiary/aromatic N) is 3. The lowest BCUT2D eigenvalue weighted by atomic mass is 10.0. The third-order valence-corrected chi connectivity index (χ3v) is 4.17. The number of nitrogens with one attached hydrogen (secondary N) is 1. The van der Waals surface area contributed by atoms with Gasteiger partial charge in [-0.15, -0.1) is 0 Å². The molecule has 1 fully saturated rings. The second kappa shape index (κ2) is 7.79. The number of hydrogen-bond donors (Lipinski definition) is 1. The second-order valence-electron chi connectivity index (χ2n) is 6.30. The van der Waals surface area contributed by atoms with Crippen LogP contribution >= 0.6 is 0 Å². The molecular weight excluding hydrogens is 248 g/mol. The number of piperidine rings is 1. The lowest BCUT2D eigenvalue weighted by Crippen LogP contribution is -2.45. The minimum atomic E-state index is 0.671. The number of likely N-dealkylation sites (tertiary alicyclic amines) is 1. The normalized spacial score (nSPS) is 20.7. The highest BCUT2D eigenvalue weighted by Crippen LogP contribution is 2.18. The van der Waals surface area contributed by atoms with Crippen LogP contribution in [0.1, 0.15) is 45.9 Å². The van der Waals surface area contributed by atoms with Crippen molar-refractivity contribution in [1.29, 1.82) is 0 Å². The molecule has 4 heteroatoms. The van der Waals surface area contributed by atoms with Crippen molar-refractivity contribution in [3.05, 3.63) is 18.2 Å². The van der Waals surface area contributed by atoms with Gasteiger partial charge in [0, 0.05) is 31.5 Å². The highest BCUT2D eigenvalue weighted by molar-refractivity contribution is 4.94. The Balaban J connectivity index is 1.89. The molecule has 1 N–H and O–H groups in total. The maximum Gasteiger partial charge on any atom is 0.122 e. The molecule has 1 atom stereocenters. The van der Waals surface area contributed by atoms with Gasteiger partial charge in [0.15, 0.2) is 0 Å². The van der Waals surface area contributed by atoms with Gasteiger partial charge in [0.25, 0.3) is 0 Å². The van der Waals surface area contributed by atoms with Crippen LogP contribution in [-0.4, -0.2) is 40.1 Å². The van der Waals surface area contributed by atoms with Crippen LogP contribution in [0, 0.1) is 5.92 Å². The Morgan fingerprint density at radius 2 is 2.25 bits per heavy atom. The van der Waals surface area contributed by atoms with Gasteiger partial charge in [0.1, 0.15) is 5.82 Å². The molecule has 1 unspecified atom stereocenters. The predicted molar refractivity (Wildman–Crippen MR) is 83.7 cm³/mol. The van der Waals surface area contributed by atoms with E-state index >= 15 is 0 Å². The van der Waals surface area contributed by atoms with E-state index in [1.54, 1.807) is 0 Å². The zero-order chi connectivity index (χ0) is 14.4. The summed E-state index contributed by atoms with van der Waals surface area (Å²) in [5, 5.41) is 3.62. The number of aromatic nitrogens is 2. The molecule has 0 saturated carbocycles. The molecule has 0 amide bonds. The topological polar surface area (TPSA) is 33.1 Å². The molecule has 0 bridgehead atoms. The minimum Gasteiger partial charge on any atom is -0.334 e. The molecular formula is C16H30N4. The first-order valence-electron chi connectivity index (χ1n) is 8.15. The maximum atomic E-state index is 4.52.